The van der Waals surface area contributed by atoms with Gasteiger partial charge in [-0.25, -0.2) is 4.98 Å². The summed E-state index contributed by atoms with van der Waals surface area (Å²) in [6, 6.07) is 0. The molecule has 0 bridgehead atoms. The van der Waals surface area contributed by atoms with Crippen LogP contribution in [0.15, 0.2) is 5.38 Å². The Labute approximate surface area is 115 Å². The van der Waals surface area contributed by atoms with Crippen molar-refractivity contribution in [2.45, 2.75) is 59.1 Å². The Bertz CT molecular complexity index is 357. The Morgan fingerprint density at radius 1 is 1.44 bits per heavy atom. The summed E-state index contributed by atoms with van der Waals surface area (Å²) in [5, 5.41) is 16.4. The highest BCUT2D eigenvalue weighted by Gasteiger charge is 2.18. The third kappa shape index (κ3) is 4.67. The van der Waals surface area contributed by atoms with Crippen molar-refractivity contribution in [3.63, 3.8) is 0 Å². The average Bonchev–Trinajstić information content (AvgIpc) is 2.76. The van der Waals surface area contributed by atoms with E-state index in [0.29, 0.717) is 12.5 Å². The van der Waals surface area contributed by atoms with Gasteiger partial charge in [0, 0.05) is 23.9 Å². The molecule has 0 aromatic carbocycles. The Morgan fingerprint density at radius 2 is 2.11 bits per heavy atom. The highest BCUT2D eigenvalue weighted by molar-refractivity contribution is 7.09. The SMILES string of the molecule is CCC(C)C(O)CNCc1csc(C(C)(C)C)n1. The molecule has 1 aromatic heterocycles. The van der Waals surface area contributed by atoms with Gasteiger partial charge in [-0.05, 0) is 5.92 Å². The van der Waals surface area contributed by atoms with Gasteiger partial charge in [0.1, 0.15) is 0 Å². The Balaban J connectivity index is 2.38. The molecule has 104 valence electrons. The maximum Gasteiger partial charge on any atom is 0.0982 e. The van der Waals surface area contributed by atoms with Crippen molar-refractivity contribution < 1.29 is 5.11 Å². The molecule has 0 fully saturated rings. The van der Waals surface area contributed by atoms with Gasteiger partial charge >= 0.3 is 0 Å². The number of nitrogens with one attached hydrogen (secondary N) is 1. The second-order valence-corrected chi connectivity index (χ2v) is 6.84. The molecule has 2 N–H and O–H groups in total. The van der Waals surface area contributed by atoms with E-state index in [4.69, 9.17) is 0 Å². The predicted molar refractivity (Wildman–Crippen MR) is 78.0 cm³/mol. The van der Waals surface area contributed by atoms with Crippen molar-refractivity contribution in [1.82, 2.24) is 10.3 Å². The molecule has 3 nitrogen and oxygen atoms in total. The molecule has 0 saturated carbocycles. The smallest absolute Gasteiger partial charge is 0.0982 e. The minimum atomic E-state index is -0.268. The van der Waals surface area contributed by atoms with Gasteiger partial charge in [0.25, 0.3) is 0 Å². The highest BCUT2D eigenvalue weighted by Crippen LogP contribution is 2.25. The second-order valence-electron chi connectivity index (χ2n) is 5.98. The minimum absolute atomic E-state index is 0.124. The Morgan fingerprint density at radius 3 is 2.61 bits per heavy atom. The first-order chi connectivity index (χ1) is 8.34. The second kappa shape index (κ2) is 6.64. The number of thiazole rings is 1. The fourth-order valence-electron chi connectivity index (χ4n) is 1.55. The average molecular weight is 270 g/mol. The number of nitrogens with zero attached hydrogens (tertiary/aromatic N) is 1. The van der Waals surface area contributed by atoms with Gasteiger partial charge in [0.15, 0.2) is 0 Å². The standard InChI is InChI=1S/C14H26N2OS/c1-6-10(2)12(17)8-15-7-11-9-18-13(16-11)14(3,4)5/h9-10,12,15,17H,6-8H2,1-5H3. The van der Waals surface area contributed by atoms with Crippen LogP contribution in [0.5, 0.6) is 0 Å². The first kappa shape index (κ1) is 15.6. The zero-order chi connectivity index (χ0) is 13.8. The molecular weight excluding hydrogens is 244 g/mol. The number of hydrogen-bond acceptors (Lipinski definition) is 4. The van der Waals surface area contributed by atoms with Crippen molar-refractivity contribution in [3.05, 3.63) is 16.1 Å². The number of hydrogen-bond donors (Lipinski definition) is 2. The van der Waals surface area contributed by atoms with Gasteiger partial charge in [-0.3, -0.25) is 0 Å². The molecule has 0 radical (unpaired) electrons. The summed E-state index contributed by atoms with van der Waals surface area (Å²) in [6.45, 7) is 12.1. The van der Waals surface area contributed by atoms with Crippen LogP contribution in [0.2, 0.25) is 0 Å². The lowest BCUT2D eigenvalue weighted by Gasteiger charge is -2.17. The van der Waals surface area contributed by atoms with E-state index in [2.05, 4.69) is 50.3 Å². The molecule has 0 aliphatic heterocycles. The van der Waals surface area contributed by atoms with Gasteiger partial charge in [-0.15, -0.1) is 11.3 Å². The normalized spacial score (nSPS) is 15.7. The van der Waals surface area contributed by atoms with Crippen LogP contribution in [0.4, 0.5) is 0 Å². The highest BCUT2D eigenvalue weighted by atomic mass is 32.1. The van der Waals surface area contributed by atoms with Crippen molar-refractivity contribution in [2.24, 2.45) is 5.92 Å². The fraction of sp³-hybridized carbons (Fsp3) is 0.786. The summed E-state index contributed by atoms with van der Waals surface area (Å²) in [7, 11) is 0. The molecule has 0 amide bonds. The van der Waals surface area contributed by atoms with Crippen LogP contribution in [0.25, 0.3) is 0 Å². The van der Waals surface area contributed by atoms with E-state index in [1.807, 2.05) is 0 Å². The van der Waals surface area contributed by atoms with Crippen LogP contribution in [0, 0.1) is 5.92 Å². The van der Waals surface area contributed by atoms with Gasteiger partial charge < -0.3 is 10.4 Å². The van der Waals surface area contributed by atoms with Gasteiger partial charge in [0.05, 0.1) is 16.8 Å². The summed E-state index contributed by atoms with van der Waals surface area (Å²) >= 11 is 1.71. The van der Waals surface area contributed by atoms with E-state index in [1.165, 1.54) is 5.01 Å². The fourth-order valence-corrected chi connectivity index (χ4v) is 2.46. The quantitative estimate of drug-likeness (QED) is 0.835. The zero-order valence-corrected chi connectivity index (χ0v) is 13.0. The van der Waals surface area contributed by atoms with Crippen molar-refractivity contribution in [1.29, 1.82) is 0 Å². The molecule has 1 heterocycles. The monoisotopic (exact) mass is 270 g/mol. The molecule has 18 heavy (non-hydrogen) atoms. The Hall–Kier alpha value is -0.450. The molecule has 2 atom stereocenters. The number of aliphatic hydroxyl groups excluding tert-OH is 1. The molecule has 2 unspecified atom stereocenters. The summed E-state index contributed by atoms with van der Waals surface area (Å²) in [6.07, 6.45) is 0.740. The molecule has 4 heteroatoms. The maximum absolute atomic E-state index is 9.85. The van der Waals surface area contributed by atoms with Crippen LogP contribution < -0.4 is 5.32 Å². The Kier molecular flexibility index (Phi) is 5.76. The molecule has 1 aromatic rings. The zero-order valence-electron chi connectivity index (χ0n) is 12.2. The van der Waals surface area contributed by atoms with Crippen molar-refractivity contribution in [2.75, 3.05) is 6.54 Å². The van der Waals surface area contributed by atoms with E-state index in [9.17, 15) is 5.11 Å². The third-order valence-corrected chi connectivity index (χ3v) is 4.47. The first-order valence-corrected chi connectivity index (χ1v) is 7.56. The van der Waals surface area contributed by atoms with Crippen LogP contribution in [0.3, 0.4) is 0 Å². The molecule has 0 aliphatic rings. The van der Waals surface area contributed by atoms with E-state index in [-0.39, 0.29) is 11.5 Å². The topological polar surface area (TPSA) is 45.1 Å². The van der Waals surface area contributed by atoms with Gasteiger partial charge in [0.2, 0.25) is 0 Å². The number of aromatic nitrogens is 1. The summed E-state index contributed by atoms with van der Waals surface area (Å²) < 4.78 is 0. The number of rotatable bonds is 6. The molecule has 0 spiro atoms. The lowest BCUT2D eigenvalue weighted by atomic mass is 9.98. The summed E-state index contributed by atoms with van der Waals surface area (Å²) in [4.78, 5) is 4.62. The van der Waals surface area contributed by atoms with E-state index in [1.54, 1.807) is 11.3 Å². The minimum Gasteiger partial charge on any atom is -0.392 e. The molecule has 0 saturated heterocycles. The molecular formula is C14H26N2OS. The van der Waals surface area contributed by atoms with E-state index in [0.717, 1.165) is 18.7 Å². The molecule has 0 aliphatic carbocycles. The third-order valence-electron chi connectivity index (χ3n) is 3.15. The van der Waals surface area contributed by atoms with E-state index < -0.39 is 0 Å². The van der Waals surface area contributed by atoms with Crippen LogP contribution in [0.1, 0.15) is 51.7 Å². The van der Waals surface area contributed by atoms with Crippen molar-refractivity contribution in [3.8, 4) is 0 Å². The largest absolute Gasteiger partial charge is 0.392 e. The van der Waals surface area contributed by atoms with E-state index >= 15 is 0 Å². The lowest BCUT2D eigenvalue weighted by molar-refractivity contribution is 0.112. The van der Waals surface area contributed by atoms with Crippen molar-refractivity contribution >= 4 is 11.3 Å². The first-order valence-electron chi connectivity index (χ1n) is 6.68. The lowest BCUT2D eigenvalue weighted by Crippen LogP contribution is -2.31. The van der Waals surface area contributed by atoms with Crippen LogP contribution in [-0.2, 0) is 12.0 Å². The summed E-state index contributed by atoms with van der Waals surface area (Å²) in [5.74, 6) is 0.345. The predicted octanol–water partition coefficient (Wildman–Crippen LogP) is 2.94. The van der Waals surface area contributed by atoms with Crippen LogP contribution >= 0.6 is 11.3 Å². The summed E-state index contributed by atoms with van der Waals surface area (Å²) in [5.41, 5.74) is 1.19. The van der Waals surface area contributed by atoms with Gasteiger partial charge in [-0.2, -0.15) is 0 Å². The van der Waals surface area contributed by atoms with Gasteiger partial charge in [-0.1, -0.05) is 41.0 Å². The maximum atomic E-state index is 9.85. The molecule has 1 rings (SSSR count). The number of aliphatic hydroxyl groups is 1. The van der Waals surface area contributed by atoms with Crippen LogP contribution in [-0.4, -0.2) is 22.7 Å².